The van der Waals surface area contributed by atoms with Crippen LogP contribution in [-0.4, -0.2) is 38.7 Å². The Morgan fingerprint density at radius 3 is 2.22 bits per heavy atom. The number of methoxy groups -OCH3 is 2. The molecule has 1 atom stereocenters. The van der Waals surface area contributed by atoms with Crippen molar-refractivity contribution in [3.63, 3.8) is 0 Å². The van der Waals surface area contributed by atoms with Crippen LogP contribution in [0.5, 0.6) is 17.2 Å². The van der Waals surface area contributed by atoms with Gasteiger partial charge in [0.15, 0.2) is 0 Å². The van der Waals surface area contributed by atoms with Crippen LogP contribution in [0.1, 0.15) is 54.0 Å². The Morgan fingerprint density at radius 2 is 1.56 bits per heavy atom. The number of nitrogens with zero attached hydrogens (tertiary/aromatic N) is 3. The van der Waals surface area contributed by atoms with Crippen LogP contribution in [0.4, 0.5) is 19.1 Å². The lowest BCUT2D eigenvalue weighted by Gasteiger charge is -2.24. The average molecular weight is 704 g/mol. The third kappa shape index (κ3) is 7.11. The Balaban J connectivity index is 1.37. The standard InChI is InChI=1S/C38H36F3N3O5S/c1-24(2)49-29-11-6-25(7-12-29)35-21-28(38(39,40)41)10-16-34(35)33-15-9-26-20-31(14-17-32(26)33)50(45,46)44(37-42-18-5-19-43-37)23-27-8-13-30(47-3)22-36(27)48-4/h5-8,10-14,16-22,24,33H,9,15,23H2,1-4H3/t33-/m0/s1. The van der Waals surface area contributed by atoms with E-state index >= 15 is 0 Å². The third-order valence-corrected chi connectivity index (χ3v) is 10.4. The van der Waals surface area contributed by atoms with Gasteiger partial charge in [-0.15, -0.1) is 0 Å². The van der Waals surface area contributed by atoms with E-state index in [1.807, 2.05) is 13.8 Å². The summed E-state index contributed by atoms with van der Waals surface area (Å²) in [6.07, 6.45) is -0.494. The van der Waals surface area contributed by atoms with E-state index in [4.69, 9.17) is 14.2 Å². The van der Waals surface area contributed by atoms with E-state index < -0.39 is 21.8 Å². The summed E-state index contributed by atoms with van der Waals surface area (Å²) < 4.78 is 88.1. The largest absolute Gasteiger partial charge is 0.497 e. The summed E-state index contributed by atoms with van der Waals surface area (Å²) >= 11 is 0. The smallest absolute Gasteiger partial charge is 0.416 e. The lowest BCUT2D eigenvalue weighted by Crippen LogP contribution is -2.32. The number of ether oxygens (including phenoxy) is 3. The van der Waals surface area contributed by atoms with Gasteiger partial charge in [0.25, 0.3) is 10.0 Å². The minimum absolute atomic E-state index is 0.0112. The van der Waals surface area contributed by atoms with Gasteiger partial charge >= 0.3 is 6.18 Å². The van der Waals surface area contributed by atoms with Crippen LogP contribution in [0, 0.1) is 0 Å². The van der Waals surface area contributed by atoms with Crippen molar-refractivity contribution in [3.8, 4) is 28.4 Å². The molecule has 4 aromatic carbocycles. The van der Waals surface area contributed by atoms with Crippen LogP contribution < -0.4 is 18.5 Å². The minimum Gasteiger partial charge on any atom is -0.497 e. The second-order valence-corrected chi connectivity index (χ2v) is 14.0. The molecule has 0 amide bonds. The summed E-state index contributed by atoms with van der Waals surface area (Å²) in [6.45, 7) is 3.69. The molecule has 5 aromatic rings. The monoisotopic (exact) mass is 703 g/mol. The zero-order chi connectivity index (χ0) is 35.6. The van der Waals surface area contributed by atoms with Crippen molar-refractivity contribution in [3.05, 3.63) is 125 Å². The molecule has 0 fully saturated rings. The molecular formula is C38H36F3N3O5S. The van der Waals surface area contributed by atoms with Crippen molar-refractivity contribution in [2.75, 3.05) is 18.5 Å². The molecule has 1 heterocycles. The molecule has 0 radical (unpaired) electrons. The number of benzene rings is 4. The van der Waals surface area contributed by atoms with E-state index in [2.05, 4.69) is 9.97 Å². The average Bonchev–Trinajstić information content (AvgIpc) is 3.53. The van der Waals surface area contributed by atoms with Crippen molar-refractivity contribution < 1.29 is 35.8 Å². The number of fused-ring (bicyclic) bond motifs is 1. The molecule has 12 heteroatoms. The predicted molar refractivity (Wildman–Crippen MR) is 184 cm³/mol. The summed E-state index contributed by atoms with van der Waals surface area (Å²) in [4.78, 5) is 8.54. The zero-order valence-corrected chi connectivity index (χ0v) is 28.8. The number of halogens is 3. The van der Waals surface area contributed by atoms with Gasteiger partial charge in [0, 0.05) is 29.9 Å². The van der Waals surface area contributed by atoms with Crippen LogP contribution in [0.25, 0.3) is 11.1 Å². The molecule has 260 valence electrons. The fourth-order valence-corrected chi connectivity index (χ4v) is 7.70. The van der Waals surface area contributed by atoms with E-state index in [9.17, 15) is 21.6 Å². The fraction of sp³-hybridized carbons (Fsp3) is 0.263. The Morgan fingerprint density at radius 1 is 0.860 bits per heavy atom. The van der Waals surface area contributed by atoms with Gasteiger partial charge in [0.1, 0.15) is 17.2 Å². The Bertz CT molecular complexity index is 2090. The molecule has 0 bridgehead atoms. The number of rotatable bonds is 11. The summed E-state index contributed by atoms with van der Waals surface area (Å²) in [7, 11) is -1.18. The van der Waals surface area contributed by atoms with Crippen LogP contribution in [-0.2, 0) is 29.2 Å². The maximum Gasteiger partial charge on any atom is 0.416 e. The first-order chi connectivity index (χ1) is 23.9. The van der Waals surface area contributed by atoms with Gasteiger partial charge in [-0.05, 0) is 109 Å². The van der Waals surface area contributed by atoms with Gasteiger partial charge < -0.3 is 14.2 Å². The Hall–Kier alpha value is -5.10. The van der Waals surface area contributed by atoms with Gasteiger partial charge in [-0.25, -0.2) is 22.7 Å². The first kappa shape index (κ1) is 34.8. The molecule has 6 rings (SSSR count). The quantitative estimate of drug-likeness (QED) is 0.136. The fourth-order valence-electron chi connectivity index (χ4n) is 6.30. The molecule has 1 aromatic heterocycles. The second kappa shape index (κ2) is 14.0. The van der Waals surface area contributed by atoms with Crippen LogP contribution in [0.2, 0.25) is 0 Å². The molecule has 0 spiro atoms. The van der Waals surface area contributed by atoms with E-state index in [0.717, 1.165) is 27.1 Å². The number of aryl methyl sites for hydroxylation is 1. The van der Waals surface area contributed by atoms with Gasteiger partial charge in [-0.2, -0.15) is 13.2 Å². The van der Waals surface area contributed by atoms with E-state index in [1.165, 1.54) is 44.8 Å². The summed E-state index contributed by atoms with van der Waals surface area (Å²) in [5.74, 6) is 1.35. The SMILES string of the molecule is COc1ccc(CN(c2ncccn2)S(=O)(=O)c2ccc3c(c2)CC[C@@H]3c2ccc(C(F)(F)F)cc2-c2ccc(OC(C)C)cc2)c(OC)c1. The molecule has 0 unspecified atom stereocenters. The van der Waals surface area contributed by atoms with E-state index in [1.54, 1.807) is 60.7 Å². The number of alkyl halides is 3. The highest BCUT2D eigenvalue weighted by atomic mass is 32.2. The van der Waals surface area contributed by atoms with Crippen molar-refractivity contribution in [1.29, 1.82) is 0 Å². The number of aromatic nitrogens is 2. The van der Waals surface area contributed by atoms with Gasteiger partial charge in [0.2, 0.25) is 5.95 Å². The molecule has 1 aliphatic rings. The van der Waals surface area contributed by atoms with Crippen molar-refractivity contribution in [2.45, 2.75) is 56.3 Å². The van der Waals surface area contributed by atoms with E-state index in [-0.39, 0.29) is 29.4 Å². The minimum atomic E-state index is -4.52. The predicted octanol–water partition coefficient (Wildman–Crippen LogP) is 8.44. The van der Waals surface area contributed by atoms with Gasteiger partial charge in [-0.3, -0.25) is 0 Å². The maximum atomic E-state index is 14.3. The van der Waals surface area contributed by atoms with Crippen LogP contribution >= 0.6 is 0 Å². The summed E-state index contributed by atoms with van der Waals surface area (Å²) in [5.41, 5.74) is 3.33. The topological polar surface area (TPSA) is 90.9 Å². The molecule has 8 nitrogen and oxygen atoms in total. The first-order valence-corrected chi connectivity index (χ1v) is 17.4. The molecule has 0 saturated carbocycles. The van der Waals surface area contributed by atoms with Crippen molar-refractivity contribution >= 4 is 16.0 Å². The second-order valence-electron chi connectivity index (χ2n) is 12.2. The van der Waals surface area contributed by atoms with Crippen LogP contribution in [0.3, 0.4) is 0 Å². The normalized spacial score (nSPS) is 14.4. The highest BCUT2D eigenvalue weighted by Gasteiger charge is 2.35. The van der Waals surface area contributed by atoms with Gasteiger partial charge in [-0.1, -0.05) is 24.3 Å². The number of anilines is 1. The molecule has 0 N–H and O–H groups in total. The number of sulfonamides is 1. The molecule has 0 saturated heterocycles. The highest BCUT2D eigenvalue weighted by molar-refractivity contribution is 7.92. The first-order valence-electron chi connectivity index (χ1n) is 16.0. The highest BCUT2D eigenvalue weighted by Crippen LogP contribution is 2.45. The maximum absolute atomic E-state index is 14.3. The van der Waals surface area contributed by atoms with Crippen molar-refractivity contribution in [1.82, 2.24) is 9.97 Å². The summed E-state index contributed by atoms with van der Waals surface area (Å²) in [6, 6.07) is 22.5. The number of hydrogen-bond donors (Lipinski definition) is 0. The van der Waals surface area contributed by atoms with Crippen molar-refractivity contribution in [2.24, 2.45) is 0 Å². The molecule has 0 aliphatic heterocycles. The summed E-state index contributed by atoms with van der Waals surface area (Å²) in [5, 5.41) is 0. The molecular weight excluding hydrogens is 667 g/mol. The molecule has 1 aliphatic carbocycles. The Labute approximate surface area is 289 Å². The lowest BCUT2D eigenvalue weighted by atomic mass is 9.86. The number of hydrogen-bond acceptors (Lipinski definition) is 7. The molecule has 50 heavy (non-hydrogen) atoms. The zero-order valence-electron chi connectivity index (χ0n) is 27.9. The van der Waals surface area contributed by atoms with Gasteiger partial charge in [0.05, 0.1) is 37.3 Å². The Kier molecular flexibility index (Phi) is 9.75. The van der Waals surface area contributed by atoms with E-state index in [0.29, 0.717) is 46.8 Å². The van der Waals surface area contributed by atoms with Crippen LogP contribution in [0.15, 0.2) is 102 Å². The lowest BCUT2D eigenvalue weighted by molar-refractivity contribution is -0.137. The third-order valence-electron chi connectivity index (χ3n) is 8.66.